The number of nitrogens with one attached hydrogen (secondary N) is 1. The Morgan fingerprint density at radius 1 is 1.20 bits per heavy atom. The van der Waals surface area contributed by atoms with E-state index in [9.17, 15) is 5.26 Å². The lowest BCUT2D eigenvalue weighted by Gasteiger charge is -1.97. The van der Waals surface area contributed by atoms with Gasteiger partial charge in [0, 0.05) is 5.92 Å². The molecule has 4 rings (SSSR count). The third-order valence-corrected chi connectivity index (χ3v) is 4.46. The van der Waals surface area contributed by atoms with E-state index in [1.165, 1.54) is 11.8 Å². The molecule has 124 valence electrons. The van der Waals surface area contributed by atoms with Crippen LogP contribution in [0.1, 0.15) is 41.2 Å². The number of hydrogen-bond donors (Lipinski definition) is 1. The Morgan fingerprint density at radius 2 is 2.04 bits per heavy atom. The normalized spacial score (nSPS) is 19.0. The summed E-state index contributed by atoms with van der Waals surface area (Å²) >= 11 is 3.22. The van der Waals surface area contributed by atoms with E-state index < -0.39 is 0 Å². The van der Waals surface area contributed by atoms with Gasteiger partial charge >= 0.3 is 0 Å². The first-order valence-electron chi connectivity index (χ1n) is 7.75. The molecule has 1 fully saturated rings. The summed E-state index contributed by atoms with van der Waals surface area (Å²) in [6.07, 6.45) is 2.47. The van der Waals surface area contributed by atoms with Crippen LogP contribution in [0.15, 0.2) is 61.1 Å². The maximum absolute atomic E-state index is 9.25. The highest BCUT2D eigenvalue weighted by atomic mass is 79.9. The molecule has 6 nitrogen and oxygen atoms in total. The third-order valence-electron chi connectivity index (χ3n) is 4.04. The first-order valence-corrected chi connectivity index (χ1v) is 8.54. The Morgan fingerprint density at radius 3 is 2.76 bits per heavy atom. The van der Waals surface area contributed by atoms with Crippen molar-refractivity contribution in [2.24, 2.45) is 5.10 Å². The van der Waals surface area contributed by atoms with Gasteiger partial charge < -0.3 is 8.83 Å². The van der Waals surface area contributed by atoms with Crippen LogP contribution in [0.5, 0.6) is 0 Å². The van der Waals surface area contributed by atoms with Crippen molar-refractivity contribution in [2.45, 2.75) is 18.3 Å². The van der Waals surface area contributed by atoms with Gasteiger partial charge in [0.25, 0.3) is 5.88 Å². The van der Waals surface area contributed by atoms with Gasteiger partial charge in [-0.25, -0.2) is 10.4 Å². The molecule has 0 radical (unpaired) electrons. The van der Waals surface area contributed by atoms with E-state index >= 15 is 0 Å². The van der Waals surface area contributed by atoms with Gasteiger partial charge in [-0.15, -0.1) is 0 Å². The lowest BCUT2D eigenvalue weighted by molar-refractivity contribution is 0.506. The number of aromatic nitrogens is 1. The summed E-state index contributed by atoms with van der Waals surface area (Å²) < 4.78 is 11.7. The smallest absolute Gasteiger partial charge is 0.252 e. The van der Waals surface area contributed by atoms with Crippen LogP contribution in [0.2, 0.25) is 0 Å². The van der Waals surface area contributed by atoms with Gasteiger partial charge in [0.05, 0.1) is 6.21 Å². The predicted molar refractivity (Wildman–Crippen MR) is 95.4 cm³/mol. The molecular weight excluding hydrogens is 384 g/mol. The number of rotatable bonds is 5. The third kappa shape index (κ3) is 3.35. The van der Waals surface area contributed by atoms with Crippen LogP contribution in [0, 0.1) is 11.3 Å². The summed E-state index contributed by atoms with van der Waals surface area (Å²) in [4.78, 5) is 4.30. The van der Waals surface area contributed by atoms with E-state index in [0.717, 1.165) is 6.42 Å². The van der Waals surface area contributed by atoms with Crippen molar-refractivity contribution in [3.63, 3.8) is 0 Å². The standard InChI is InChI=1S/C18H13BrN4O2/c19-16-7-6-12(24-16)10-21-23-18-15(9-20)22-17(25-18)14-8-13(14)11-4-2-1-3-5-11/h1-7,10,13-14,23H,8H2/b21-10+. The highest BCUT2D eigenvalue weighted by Gasteiger charge is 2.43. The van der Waals surface area contributed by atoms with Crippen LogP contribution in [0.4, 0.5) is 5.88 Å². The quantitative estimate of drug-likeness (QED) is 0.502. The van der Waals surface area contributed by atoms with E-state index in [1.807, 2.05) is 24.3 Å². The minimum atomic E-state index is 0.200. The minimum Gasteiger partial charge on any atom is -0.448 e. The van der Waals surface area contributed by atoms with Gasteiger partial charge in [-0.2, -0.15) is 10.4 Å². The summed E-state index contributed by atoms with van der Waals surface area (Å²) in [5, 5.41) is 13.3. The molecule has 1 aromatic carbocycles. The zero-order valence-electron chi connectivity index (χ0n) is 13.0. The highest BCUT2D eigenvalue weighted by molar-refractivity contribution is 9.10. The molecule has 25 heavy (non-hydrogen) atoms. The second kappa shape index (κ2) is 6.57. The Labute approximate surface area is 152 Å². The van der Waals surface area contributed by atoms with Crippen molar-refractivity contribution in [3.05, 3.63) is 70.0 Å². The molecule has 1 saturated carbocycles. The fourth-order valence-corrected chi connectivity index (χ4v) is 3.05. The van der Waals surface area contributed by atoms with Gasteiger partial charge in [0.2, 0.25) is 11.6 Å². The van der Waals surface area contributed by atoms with E-state index in [4.69, 9.17) is 8.83 Å². The van der Waals surface area contributed by atoms with Crippen LogP contribution < -0.4 is 5.43 Å². The minimum absolute atomic E-state index is 0.200. The zero-order valence-corrected chi connectivity index (χ0v) is 14.6. The number of furan rings is 1. The van der Waals surface area contributed by atoms with Gasteiger partial charge in [0.15, 0.2) is 4.67 Å². The van der Waals surface area contributed by atoms with Crippen LogP contribution in [-0.2, 0) is 0 Å². The number of nitrogens with zero attached hydrogens (tertiary/aromatic N) is 3. The fraction of sp³-hybridized carbons (Fsp3) is 0.167. The molecule has 1 aliphatic carbocycles. The summed E-state index contributed by atoms with van der Waals surface area (Å²) in [6.45, 7) is 0. The molecule has 2 heterocycles. The molecule has 2 atom stereocenters. The maximum atomic E-state index is 9.25. The predicted octanol–water partition coefficient (Wildman–Crippen LogP) is 4.62. The molecule has 0 aliphatic heterocycles. The van der Waals surface area contributed by atoms with Crippen molar-refractivity contribution in [2.75, 3.05) is 5.43 Å². The Bertz CT molecular complexity index is 955. The first kappa shape index (κ1) is 15.7. The van der Waals surface area contributed by atoms with Crippen molar-refractivity contribution in [1.82, 2.24) is 4.98 Å². The molecule has 2 unspecified atom stereocenters. The summed E-state index contributed by atoms with van der Waals surface area (Å²) in [7, 11) is 0. The second-order valence-corrected chi connectivity index (χ2v) is 6.49. The maximum Gasteiger partial charge on any atom is 0.252 e. The molecule has 0 bridgehead atoms. The fourth-order valence-electron chi connectivity index (χ4n) is 2.74. The molecule has 1 N–H and O–H groups in total. The van der Waals surface area contributed by atoms with Gasteiger partial charge in [-0.3, -0.25) is 0 Å². The lowest BCUT2D eigenvalue weighted by Crippen LogP contribution is -1.90. The summed E-state index contributed by atoms with van der Waals surface area (Å²) in [6, 6.07) is 15.8. The number of benzene rings is 1. The number of halogens is 1. The molecular formula is C18H13BrN4O2. The van der Waals surface area contributed by atoms with Gasteiger partial charge in [-0.05, 0) is 46.0 Å². The van der Waals surface area contributed by atoms with Crippen molar-refractivity contribution in [3.8, 4) is 6.07 Å². The van der Waals surface area contributed by atoms with E-state index in [2.05, 4.69) is 43.6 Å². The van der Waals surface area contributed by atoms with E-state index in [0.29, 0.717) is 22.2 Å². The van der Waals surface area contributed by atoms with Crippen molar-refractivity contribution < 1.29 is 8.83 Å². The van der Waals surface area contributed by atoms with Gasteiger partial charge in [-0.1, -0.05) is 30.3 Å². The van der Waals surface area contributed by atoms with Crippen molar-refractivity contribution in [1.29, 1.82) is 5.26 Å². The number of nitriles is 1. The molecule has 2 aromatic heterocycles. The van der Waals surface area contributed by atoms with Crippen LogP contribution in [0.3, 0.4) is 0 Å². The van der Waals surface area contributed by atoms with E-state index in [1.54, 1.807) is 12.1 Å². The Hall–Kier alpha value is -2.85. The van der Waals surface area contributed by atoms with E-state index in [-0.39, 0.29) is 17.5 Å². The largest absolute Gasteiger partial charge is 0.448 e. The molecule has 3 aromatic rings. The number of oxazole rings is 1. The number of hydrazone groups is 1. The van der Waals surface area contributed by atoms with Crippen molar-refractivity contribution >= 4 is 28.0 Å². The molecule has 7 heteroatoms. The molecule has 0 saturated heterocycles. The SMILES string of the molecule is N#Cc1nc(C2CC2c2ccccc2)oc1N/N=C/c1ccc(Br)o1. The lowest BCUT2D eigenvalue weighted by atomic mass is 10.1. The topological polar surface area (TPSA) is 87.4 Å². The summed E-state index contributed by atoms with van der Waals surface area (Å²) in [5.74, 6) is 1.99. The average Bonchev–Trinajstić information content (AvgIpc) is 3.17. The number of anilines is 1. The zero-order chi connectivity index (χ0) is 17.2. The van der Waals surface area contributed by atoms with Crippen LogP contribution >= 0.6 is 15.9 Å². The van der Waals surface area contributed by atoms with Crippen LogP contribution in [-0.4, -0.2) is 11.2 Å². The Kier molecular flexibility index (Phi) is 4.12. The first-order chi connectivity index (χ1) is 12.2. The second-order valence-electron chi connectivity index (χ2n) is 5.71. The monoisotopic (exact) mass is 396 g/mol. The highest BCUT2D eigenvalue weighted by Crippen LogP contribution is 2.54. The van der Waals surface area contributed by atoms with Crippen LogP contribution in [0.25, 0.3) is 0 Å². The molecule has 0 amide bonds. The average molecular weight is 397 g/mol. The Balaban J connectivity index is 1.47. The molecule has 1 aliphatic rings. The summed E-state index contributed by atoms with van der Waals surface area (Å²) in [5.41, 5.74) is 4.19. The molecule has 0 spiro atoms. The van der Waals surface area contributed by atoms with Gasteiger partial charge in [0.1, 0.15) is 11.8 Å². The number of hydrogen-bond acceptors (Lipinski definition) is 6.